The van der Waals surface area contributed by atoms with Crippen LogP contribution in [-0.4, -0.2) is 44.3 Å². The van der Waals surface area contributed by atoms with Crippen molar-refractivity contribution in [3.8, 4) is 11.5 Å². The van der Waals surface area contributed by atoms with Crippen molar-refractivity contribution in [2.45, 2.75) is 24.8 Å². The number of sulfonamides is 1. The lowest BCUT2D eigenvalue weighted by Crippen LogP contribution is -2.53. The number of anilines is 2. The van der Waals surface area contributed by atoms with Gasteiger partial charge < -0.3 is 15.0 Å². The van der Waals surface area contributed by atoms with Crippen LogP contribution >= 0.6 is 0 Å². The first-order chi connectivity index (χ1) is 19.2. The van der Waals surface area contributed by atoms with Crippen molar-refractivity contribution in [3.05, 3.63) is 114 Å². The molecule has 40 heavy (non-hydrogen) atoms. The largest absolute Gasteiger partial charge is 0.457 e. The van der Waals surface area contributed by atoms with E-state index in [-0.39, 0.29) is 24.7 Å². The van der Waals surface area contributed by atoms with Gasteiger partial charge in [-0.15, -0.1) is 0 Å². The molecule has 0 radical (unpaired) electrons. The zero-order chi connectivity index (χ0) is 28.3. The van der Waals surface area contributed by atoms with Crippen LogP contribution in [0.25, 0.3) is 0 Å². The van der Waals surface area contributed by atoms with Gasteiger partial charge in [-0.05, 0) is 80.6 Å². The maximum Gasteiger partial charge on any atom is 0.255 e. The number of hydrogen-bond acceptors (Lipinski definition) is 5. The van der Waals surface area contributed by atoms with Crippen molar-refractivity contribution in [2.24, 2.45) is 0 Å². The van der Waals surface area contributed by atoms with Gasteiger partial charge in [0.2, 0.25) is 10.0 Å². The third kappa shape index (κ3) is 6.00. The van der Waals surface area contributed by atoms with Crippen LogP contribution < -0.4 is 15.0 Å². The lowest BCUT2D eigenvalue weighted by Gasteiger charge is -2.40. The molecule has 1 N–H and O–H groups in total. The van der Waals surface area contributed by atoms with E-state index in [1.165, 1.54) is 10.4 Å². The molecule has 0 aromatic heterocycles. The molecule has 0 aliphatic carbocycles. The Morgan fingerprint density at radius 2 is 1.57 bits per heavy atom. The van der Waals surface area contributed by atoms with E-state index in [1.54, 1.807) is 24.3 Å². The normalized spacial score (nSPS) is 16.0. The number of rotatable bonds is 7. The SMILES string of the molecule is Cc1ccc(N2CCN(S(=O)(=O)c3cc(C(=O)Nc4ccc(Oc5ccccc5)cc4)ccc3F)C[C@H]2C)cc1. The molecule has 5 rings (SSSR count). The minimum absolute atomic E-state index is 0.0379. The van der Waals surface area contributed by atoms with Crippen molar-refractivity contribution < 1.29 is 22.3 Å². The molecule has 1 aliphatic rings. The maximum absolute atomic E-state index is 14.8. The van der Waals surface area contributed by atoms with Gasteiger partial charge in [-0.25, -0.2) is 12.8 Å². The highest BCUT2D eigenvalue weighted by molar-refractivity contribution is 7.89. The fourth-order valence-corrected chi connectivity index (χ4v) is 6.28. The third-order valence-electron chi connectivity index (χ3n) is 6.86. The summed E-state index contributed by atoms with van der Waals surface area (Å²) in [4.78, 5) is 14.6. The van der Waals surface area contributed by atoms with Crippen LogP contribution in [0.4, 0.5) is 15.8 Å². The Hall–Kier alpha value is -4.21. The quantitative estimate of drug-likeness (QED) is 0.297. The Bertz CT molecular complexity index is 1590. The van der Waals surface area contributed by atoms with Crippen molar-refractivity contribution in [1.82, 2.24) is 4.31 Å². The summed E-state index contributed by atoms with van der Waals surface area (Å²) < 4.78 is 48.9. The fraction of sp³-hybridized carbons (Fsp3) is 0.194. The lowest BCUT2D eigenvalue weighted by atomic mass is 10.1. The first-order valence-electron chi connectivity index (χ1n) is 13.0. The van der Waals surface area contributed by atoms with Crippen LogP contribution in [0.3, 0.4) is 0 Å². The minimum Gasteiger partial charge on any atom is -0.457 e. The second kappa shape index (κ2) is 11.5. The van der Waals surface area contributed by atoms with Crippen LogP contribution in [0.2, 0.25) is 0 Å². The second-order valence-electron chi connectivity index (χ2n) is 9.78. The summed E-state index contributed by atoms with van der Waals surface area (Å²) in [6.45, 7) is 4.82. The highest BCUT2D eigenvalue weighted by atomic mass is 32.2. The molecule has 1 saturated heterocycles. The standard InChI is InChI=1S/C31H30FN3O4S/c1-22-8-13-26(14-9-22)35-19-18-34(21-23(35)2)40(37,38)30-20-24(10-17-29(30)32)31(36)33-25-11-15-28(16-12-25)39-27-6-4-3-5-7-27/h3-17,20,23H,18-19,21H2,1-2H3,(H,33,36)/t23-/m1/s1. The van der Waals surface area contributed by atoms with Gasteiger partial charge in [0, 0.05) is 42.6 Å². The Labute approximate surface area is 233 Å². The number of carbonyl (C=O) groups is 1. The highest BCUT2D eigenvalue weighted by Gasteiger charge is 2.34. The lowest BCUT2D eigenvalue weighted by molar-refractivity contribution is 0.102. The van der Waals surface area contributed by atoms with Crippen LogP contribution in [0.5, 0.6) is 11.5 Å². The summed E-state index contributed by atoms with van der Waals surface area (Å²) in [7, 11) is -4.17. The van der Waals surface area contributed by atoms with E-state index in [9.17, 15) is 17.6 Å². The zero-order valence-corrected chi connectivity index (χ0v) is 23.1. The molecule has 4 aromatic carbocycles. The molecule has 9 heteroatoms. The average Bonchev–Trinajstić information content (AvgIpc) is 2.95. The number of ether oxygens (including phenoxy) is 1. The Morgan fingerprint density at radius 3 is 2.25 bits per heavy atom. The number of amides is 1. The highest BCUT2D eigenvalue weighted by Crippen LogP contribution is 2.27. The monoisotopic (exact) mass is 559 g/mol. The Kier molecular flexibility index (Phi) is 7.86. The van der Waals surface area contributed by atoms with E-state index in [1.807, 2.05) is 68.4 Å². The summed E-state index contributed by atoms with van der Waals surface area (Å²) in [6.07, 6.45) is 0. The number of piperazine rings is 1. The Balaban J connectivity index is 1.28. The van der Waals surface area contributed by atoms with E-state index < -0.39 is 26.6 Å². The van der Waals surface area contributed by atoms with E-state index in [2.05, 4.69) is 10.2 Å². The van der Waals surface area contributed by atoms with E-state index in [0.29, 0.717) is 23.7 Å². The first-order valence-corrected chi connectivity index (χ1v) is 14.4. The molecule has 7 nitrogen and oxygen atoms in total. The number of halogens is 1. The number of nitrogens with one attached hydrogen (secondary N) is 1. The van der Waals surface area contributed by atoms with Gasteiger partial charge in [-0.3, -0.25) is 4.79 Å². The van der Waals surface area contributed by atoms with Crippen molar-refractivity contribution >= 4 is 27.3 Å². The van der Waals surface area contributed by atoms with E-state index in [0.717, 1.165) is 23.4 Å². The summed E-state index contributed by atoms with van der Waals surface area (Å²) in [5, 5.41) is 2.73. The summed E-state index contributed by atoms with van der Waals surface area (Å²) >= 11 is 0. The van der Waals surface area contributed by atoms with E-state index >= 15 is 0 Å². The smallest absolute Gasteiger partial charge is 0.255 e. The molecule has 1 fully saturated rings. The molecular formula is C31H30FN3O4S. The zero-order valence-electron chi connectivity index (χ0n) is 22.2. The molecule has 4 aromatic rings. The first kappa shape index (κ1) is 27.4. The molecular weight excluding hydrogens is 529 g/mol. The van der Waals surface area contributed by atoms with Crippen LogP contribution in [0.1, 0.15) is 22.8 Å². The third-order valence-corrected chi connectivity index (χ3v) is 8.74. The molecule has 206 valence electrons. The predicted octanol–water partition coefficient (Wildman–Crippen LogP) is 6.08. The fourth-order valence-electron chi connectivity index (χ4n) is 4.68. The molecule has 0 unspecified atom stereocenters. The summed E-state index contributed by atoms with van der Waals surface area (Å²) in [5.74, 6) is -0.167. The topological polar surface area (TPSA) is 79.0 Å². The molecule has 0 bridgehead atoms. The molecule has 1 heterocycles. The maximum atomic E-state index is 14.8. The van der Waals surface area contributed by atoms with Crippen LogP contribution in [-0.2, 0) is 10.0 Å². The van der Waals surface area contributed by atoms with Gasteiger partial charge in [-0.2, -0.15) is 4.31 Å². The van der Waals surface area contributed by atoms with Crippen molar-refractivity contribution in [1.29, 1.82) is 0 Å². The number of nitrogens with zero attached hydrogens (tertiary/aromatic N) is 2. The molecule has 1 amide bonds. The minimum atomic E-state index is -4.17. The molecule has 1 aliphatic heterocycles. The average molecular weight is 560 g/mol. The predicted molar refractivity (Wildman–Crippen MR) is 154 cm³/mol. The van der Waals surface area contributed by atoms with Gasteiger partial charge in [0.15, 0.2) is 0 Å². The van der Waals surface area contributed by atoms with Crippen LogP contribution in [0, 0.1) is 12.7 Å². The van der Waals surface area contributed by atoms with Crippen molar-refractivity contribution in [2.75, 3.05) is 29.9 Å². The number of hydrogen-bond donors (Lipinski definition) is 1. The van der Waals surface area contributed by atoms with Crippen molar-refractivity contribution in [3.63, 3.8) is 0 Å². The molecule has 0 saturated carbocycles. The van der Waals surface area contributed by atoms with Gasteiger partial charge in [-0.1, -0.05) is 35.9 Å². The Morgan fingerprint density at radius 1 is 0.900 bits per heavy atom. The molecule has 1 atom stereocenters. The number of benzene rings is 4. The number of para-hydroxylation sites is 1. The number of aryl methyl sites for hydroxylation is 1. The van der Waals surface area contributed by atoms with Crippen LogP contribution in [0.15, 0.2) is 102 Å². The van der Waals surface area contributed by atoms with E-state index in [4.69, 9.17) is 4.74 Å². The van der Waals surface area contributed by atoms with Gasteiger partial charge in [0.1, 0.15) is 22.2 Å². The molecule has 0 spiro atoms. The number of carbonyl (C=O) groups excluding carboxylic acids is 1. The summed E-state index contributed by atoms with van der Waals surface area (Å²) in [6, 6.07) is 27.4. The van der Waals surface area contributed by atoms with Gasteiger partial charge in [0.25, 0.3) is 5.91 Å². The van der Waals surface area contributed by atoms with Gasteiger partial charge in [0.05, 0.1) is 0 Å². The summed E-state index contributed by atoms with van der Waals surface area (Å²) in [5.41, 5.74) is 2.68. The van der Waals surface area contributed by atoms with Gasteiger partial charge >= 0.3 is 0 Å². The second-order valence-corrected chi connectivity index (χ2v) is 11.7.